The first-order valence-corrected chi connectivity index (χ1v) is 11.2. The lowest BCUT2D eigenvalue weighted by atomic mass is 9.99. The number of ether oxygens (including phenoxy) is 1. The highest BCUT2D eigenvalue weighted by Gasteiger charge is 2.25. The molecule has 3 rings (SSSR count). The maximum Gasteiger partial charge on any atom is 0.244 e. The molecule has 0 aliphatic carbocycles. The van der Waals surface area contributed by atoms with E-state index in [1.54, 1.807) is 29.7 Å². The summed E-state index contributed by atoms with van der Waals surface area (Å²) in [4.78, 5) is 6.82. The Bertz CT molecular complexity index is 822. The van der Waals surface area contributed by atoms with Gasteiger partial charge in [0.2, 0.25) is 10.0 Å². The van der Waals surface area contributed by atoms with Crippen LogP contribution >= 0.6 is 11.3 Å². The number of aromatic nitrogens is 1. The molecular formula is C18H25N3O3S2. The molecule has 0 radical (unpaired) electrons. The Morgan fingerprint density at radius 1 is 1.42 bits per heavy atom. The lowest BCUT2D eigenvalue weighted by Crippen LogP contribution is -2.41. The Morgan fingerprint density at radius 3 is 2.96 bits per heavy atom. The number of hydrogen-bond donors (Lipinski definition) is 1. The fraction of sp³-hybridized carbons (Fsp3) is 0.500. The van der Waals surface area contributed by atoms with Gasteiger partial charge >= 0.3 is 0 Å². The number of thiazole rings is 1. The number of nitrogens with one attached hydrogen (secondary N) is 1. The minimum atomic E-state index is -3.61. The molecule has 142 valence electrons. The summed E-state index contributed by atoms with van der Waals surface area (Å²) in [5.41, 5.74) is 0.971. The standard InChI is InChI=1S/C18H25N3O3S2/c1-3-14-6-7-16(24-2)17(11-14)26(22,23)20-12-15-5-4-9-21(13-15)18-19-8-10-25-18/h6-8,10-11,15,20H,3-5,9,12-13H2,1-2H3. The van der Waals surface area contributed by atoms with Crippen LogP contribution in [0, 0.1) is 5.92 Å². The molecule has 1 fully saturated rings. The van der Waals surface area contributed by atoms with E-state index in [1.807, 2.05) is 18.4 Å². The Balaban J connectivity index is 1.68. The second-order valence-corrected chi connectivity index (χ2v) is 9.07. The zero-order valence-corrected chi connectivity index (χ0v) is 16.8. The van der Waals surface area contributed by atoms with Crippen LogP contribution in [0.4, 0.5) is 5.13 Å². The van der Waals surface area contributed by atoms with Gasteiger partial charge in [0, 0.05) is 31.2 Å². The smallest absolute Gasteiger partial charge is 0.244 e. The van der Waals surface area contributed by atoms with Gasteiger partial charge in [-0.1, -0.05) is 13.0 Å². The molecule has 26 heavy (non-hydrogen) atoms. The van der Waals surface area contributed by atoms with Crippen molar-refractivity contribution >= 4 is 26.5 Å². The van der Waals surface area contributed by atoms with E-state index in [4.69, 9.17) is 4.74 Å². The molecule has 0 amide bonds. The van der Waals surface area contributed by atoms with Crippen molar-refractivity contribution in [3.63, 3.8) is 0 Å². The van der Waals surface area contributed by atoms with Crippen LogP contribution in [0.1, 0.15) is 25.3 Å². The largest absolute Gasteiger partial charge is 0.495 e. The van der Waals surface area contributed by atoms with Crippen molar-refractivity contribution in [3.05, 3.63) is 35.3 Å². The van der Waals surface area contributed by atoms with Gasteiger partial charge in [0.15, 0.2) is 5.13 Å². The van der Waals surface area contributed by atoms with Crippen LogP contribution in [0.2, 0.25) is 0 Å². The van der Waals surface area contributed by atoms with Gasteiger partial charge in [-0.3, -0.25) is 0 Å². The van der Waals surface area contributed by atoms with Gasteiger partial charge in [-0.05, 0) is 42.9 Å². The van der Waals surface area contributed by atoms with E-state index in [0.29, 0.717) is 12.3 Å². The van der Waals surface area contributed by atoms with Crippen molar-refractivity contribution in [3.8, 4) is 5.75 Å². The molecule has 2 aromatic rings. The number of nitrogens with zero attached hydrogens (tertiary/aromatic N) is 2. The van der Waals surface area contributed by atoms with E-state index < -0.39 is 10.0 Å². The molecule has 1 aliphatic rings. The summed E-state index contributed by atoms with van der Waals surface area (Å²) in [6.07, 6.45) is 4.63. The van der Waals surface area contributed by atoms with Crippen molar-refractivity contribution in [2.24, 2.45) is 5.92 Å². The normalized spacial score (nSPS) is 18.1. The number of hydrogen-bond acceptors (Lipinski definition) is 6. The van der Waals surface area contributed by atoms with Crippen LogP contribution in [0.25, 0.3) is 0 Å². The Morgan fingerprint density at radius 2 is 2.27 bits per heavy atom. The second kappa shape index (κ2) is 8.37. The van der Waals surface area contributed by atoms with Gasteiger partial charge in [0.1, 0.15) is 10.6 Å². The molecule has 2 heterocycles. The number of methoxy groups -OCH3 is 1. The lowest BCUT2D eigenvalue weighted by Gasteiger charge is -2.32. The molecule has 1 N–H and O–H groups in total. The van der Waals surface area contributed by atoms with Crippen molar-refractivity contribution in [2.75, 3.05) is 31.6 Å². The quantitative estimate of drug-likeness (QED) is 0.780. The van der Waals surface area contributed by atoms with Gasteiger partial charge in [-0.15, -0.1) is 11.3 Å². The van der Waals surface area contributed by atoms with Crippen LogP contribution in [-0.4, -0.2) is 40.1 Å². The molecule has 1 unspecified atom stereocenters. The van der Waals surface area contributed by atoms with Crippen molar-refractivity contribution in [2.45, 2.75) is 31.1 Å². The van der Waals surface area contributed by atoms with Crippen molar-refractivity contribution < 1.29 is 13.2 Å². The minimum Gasteiger partial charge on any atom is -0.495 e. The summed E-state index contributed by atoms with van der Waals surface area (Å²) in [7, 11) is -2.12. The molecule has 1 saturated heterocycles. The van der Waals surface area contributed by atoms with E-state index in [0.717, 1.165) is 43.0 Å². The van der Waals surface area contributed by atoms with Gasteiger partial charge < -0.3 is 9.64 Å². The number of anilines is 1. The Hall–Kier alpha value is -1.64. The van der Waals surface area contributed by atoms with E-state index in [2.05, 4.69) is 14.6 Å². The fourth-order valence-corrected chi connectivity index (χ4v) is 5.25. The summed E-state index contributed by atoms with van der Waals surface area (Å²) in [6.45, 7) is 4.22. The third-order valence-electron chi connectivity index (χ3n) is 4.70. The fourth-order valence-electron chi connectivity index (χ4n) is 3.23. The highest BCUT2D eigenvalue weighted by atomic mass is 32.2. The highest BCUT2D eigenvalue weighted by Crippen LogP contribution is 2.27. The van der Waals surface area contributed by atoms with E-state index in [9.17, 15) is 8.42 Å². The SMILES string of the molecule is CCc1ccc(OC)c(S(=O)(=O)NCC2CCCN(c3nccs3)C2)c1. The molecule has 8 heteroatoms. The van der Waals surface area contributed by atoms with Crippen molar-refractivity contribution in [1.29, 1.82) is 0 Å². The molecule has 0 spiro atoms. The summed E-state index contributed by atoms with van der Waals surface area (Å²) in [5, 5.41) is 2.98. The summed E-state index contributed by atoms with van der Waals surface area (Å²) in [5.74, 6) is 0.644. The molecule has 0 bridgehead atoms. The van der Waals surface area contributed by atoms with Gasteiger partial charge in [0.25, 0.3) is 0 Å². The Kier molecular flexibility index (Phi) is 6.16. The third kappa shape index (κ3) is 4.36. The average Bonchev–Trinajstić information content (AvgIpc) is 3.21. The number of rotatable bonds is 7. The van der Waals surface area contributed by atoms with Crippen LogP contribution in [0.5, 0.6) is 5.75 Å². The van der Waals surface area contributed by atoms with Crippen LogP contribution in [0.3, 0.4) is 0 Å². The van der Waals surface area contributed by atoms with Gasteiger partial charge in [0.05, 0.1) is 7.11 Å². The molecule has 1 aliphatic heterocycles. The zero-order valence-electron chi connectivity index (χ0n) is 15.1. The first-order valence-electron chi connectivity index (χ1n) is 8.84. The zero-order chi connectivity index (χ0) is 18.6. The molecule has 1 aromatic carbocycles. The van der Waals surface area contributed by atoms with Crippen LogP contribution < -0.4 is 14.4 Å². The van der Waals surface area contributed by atoms with E-state index in [1.165, 1.54) is 7.11 Å². The lowest BCUT2D eigenvalue weighted by molar-refractivity contribution is 0.398. The second-order valence-electron chi connectivity index (χ2n) is 6.46. The molecule has 1 atom stereocenters. The number of sulfonamides is 1. The predicted molar refractivity (Wildman–Crippen MR) is 105 cm³/mol. The summed E-state index contributed by atoms with van der Waals surface area (Å²) in [6, 6.07) is 5.31. The number of piperidine rings is 1. The molecule has 1 aromatic heterocycles. The summed E-state index contributed by atoms with van der Waals surface area (Å²) < 4.78 is 33.7. The van der Waals surface area contributed by atoms with E-state index in [-0.39, 0.29) is 10.8 Å². The first kappa shape index (κ1) is 19.1. The predicted octanol–water partition coefficient (Wildman–Crippen LogP) is 2.91. The summed E-state index contributed by atoms with van der Waals surface area (Å²) >= 11 is 1.62. The molecule has 6 nitrogen and oxygen atoms in total. The van der Waals surface area contributed by atoms with E-state index >= 15 is 0 Å². The van der Waals surface area contributed by atoms with Crippen molar-refractivity contribution in [1.82, 2.24) is 9.71 Å². The topological polar surface area (TPSA) is 71.5 Å². The van der Waals surface area contributed by atoms with Gasteiger partial charge in [-0.25, -0.2) is 18.1 Å². The van der Waals surface area contributed by atoms with Crippen LogP contribution in [0.15, 0.2) is 34.7 Å². The van der Waals surface area contributed by atoms with Crippen LogP contribution in [-0.2, 0) is 16.4 Å². The number of benzene rings is 1. The molecular weight excluding hydrogens is 370 g/mol. The molecule has 0 saturated carbocycles. The maximum absolute atomic E-state index is 12.8. The average molecular weight is 396 g/mol. The first-order chi connectivity index (χ1) is 12.5. The maximum atomic E-state index is 12.8. The highest BCUT2D eigenvalue weighted by molar-refractivity contribution is 7.89. The monoisotopic (exact) mass is 395 g/mol. The number of aryl methyl sites for hydroxylation is 1. The van der Waals surface area contributed by atoms with Gasteiger partial charge in [-0.2, -0.15) is 0 Å². The Labute approximate surface area is 159 Å². The third-order valence-corrected chi connectivity index (χ3v) is 6.97. The minimum absolute atomic E-state index is 0.215.